The normalized spacial score (nSPS) is 27.8. The fraction of sp³-hybridized carbons (Fsp3) is 1.00. The summed E-state index contributed by atoms with van der Waals surface area (Å²) in [4.78, 5) is 0. The van der Waals surface area contributed by atoms with Gasteiger partial charge in [-0.05, 0) is 72.6 Å². The van der Waals surface area contributed by atoms with Crippen LogP contribution in [0.1, 0.15) is 73.6 Å². The summed E-state index contributed by atoms with van der Waals surface area (Å²) < 4.78 is 30.9. The molecule has 148 valence electrons. The minimum atomic E-state index is -2.91. The predicted octanol–water partition coefficient (Wildman–Crippen LogP) is 4.11. The lowest BCUT2D eigenvalue weighted by Gasteiger charge is -2.40. The first-order valence-corrected chi connectivity index (χ1v) is 11.9. The van der Waals surface area contributed by atoms with Gasteiger partial charge >= 0.3 is 8.80 Å². The minimum absolute atomic E-state index is 0.123. The lowest BCUT2D eigenvalue weighted by Crippen LogP contribution is -2.60. The molecule has 4 atom stereocenters. The maximum absolute atomic E-state index is 6.61. The predicted molar refractivity (Wildman–Crippen MR) is 100 cm³/mol. The van der Waals surface area contributed by atoms with Crippen LogP contribution in [0.3, 0.4) is 0 Å². The number of hydrogen-bond acceptors (Lipinski definition) is 5. The van der Waals surface area contributed by atoms with Gasteiger partial charge in [-0.25, -0.2) is 0 Å². The van der Waals surface area contributed by atoms with E-state index in [2.05, 4.69) is 20.8 Å². The maximum Gasteiger partial charge on any atom is 0.531 e. The zero-order valence-corrected chi connectivity index (χ0v) is 18.0. The first kappa shape index (κ1) is 21.3. The van der Waals surface area contributed by atoms with Crippen molar-refractivity contribution in [1.82, 2.24) is 0 Å². The van der Waals surface area contributed by atoms with Gasteiger partial charge in [-0.3, -0.25) is 0 Å². The third-order valence-corrected chi connectivity index (χ3v) is 8.62. The standard InChI is InChI=1S/C19H38O5Si/c1-7-19(5,6)24-18(14-15-11-12-16-17(13-15)23-16)25(20-8-2,21-9-3)22-10-4/h15-18H,7-14H2,1-6H3. The van der Waals surface area contributed by atoms with Crippen molar-refractivity contribution in [3.8, 4) is 0 Å². The fourth-order valence-corrected chi connectivity index (χ4v) is 6.84. The van der Waals surface area contributed by atoms with Crippen LogP contribution in [-0.2, 0) is 22.8 Å². The first-order chi connectivity index (χ1) is 11.9. The smallest absolute Gasteiger partial charge is 0.372 e. The second-order valence-corrected chi connectivity index (χ2v) is 10.5. The Bertz CT molecular complexity index is 386. The Morgan fingerprint density at radius 3 is 2.04 bits per heavy atom. The Morgan fingerprint density at radius 2 is 1.56 bits per heavy atom. The van der Waals surface area contributed by atoms with E-state index in [-0.39, 0.29) is 11.3 Å². The summed E-state index contributed by atoms with van der Waals surface area (Å²) in [5.41, 5.74) is -0.343. The van der Waals surface area contributed by atoms with E-state index in [9.17, 15) is 0 Å². The van der Waals surface area contributed by atoms with E-state index in [1.807, 2.05) is 20.8 Å². The van der Waals surface area contributed by atoms with Gasteiger partial charge in [-0.15, -0.1) is 0 Å². The van der Waals surface area contributed by atoms with E-state index in [0.717, 1.165) is 19.3 Å². The van der Waals surface area contributed by atoms with Crippen molar-refractivity contribution in [2.45, 2.75) is 97.2 Å². The van der Waals surface area contributed by atoms with Crippen molar-refractivity contribution in [2.75, 3.05) is 19.8 Å². The van der Waals surface area contributed by atoms with Gasteiger partial charge in [-0.2, -0.15) is 0 Å². The number of rotatable bonds is 12. The molecule has 0 bridgehead atoms. The highest BCUT2D eigenvalue weighted by atomic mass is 28.4. The topological polar surface area (TPSA) is 49.5 Å². The second-order valence-electron chi connectivity index (χ2n) is 7.75. The fourth-order valence-electron chi connectivity index (χ4n) is 3.74. The van der Waals surface area contributed by atoms with E-state index in [4.69, 9.17) is 22.8 Å². The van der Waals surface area contributed by atoms with Crippen LogP contribution in [0.25, 0.3) is 0 Å². The molecule has 2 fully saturated rings. The van der Waals surface area contributed by atoms with Crippen LogP contribution in [0.2, 0.25) is 0 Å². The molecule has 2 rings (SSSR count). The van der Waals surface area contributed by atoms with E-state index < -0.39 is 8.80 Å². The molecule has 5 nitrogen and oxygen atoms in total. The van der Waals surface area contributed by atoms with Crippen LogP contribution >= 0.6 is 0 Å². The molecule has 6 heteroatoms. The zero-order valence-electron chi connectivity index (χ0n) is 17.0. The molecular formula is C19H38O5Si. The molecule has 0 radical (unpaired) electrons. The molecule has 4 unspecified atom stereocenters. The van der Waals surface area contributed by atoms with Crippen LogP contribution in [0.15, 0.2) is 0 Å². The van der Waals surface area contributed by atoms with Gasteiger partial charge in [0.2, 0.25) is 0 Å². The third kappa shape index (κ3) is 5.74. The number of epoxide rings is 1. The largest absolute Gasteiger partial charge is 0.531 e. The average molecular weight is 375 g/mol. The van der Waals surface area contributed by atoms with E-state index in [1.165, 1.54) is 12.8 Å². The minimum Gasteiger partial charge on any atom is -0.372 e. The second kappa shape index (κ2) is 9.29. The average Bonchev–Trinajstić information content (AvgIpc) is 3.33. The Balaban J connectivity index is 2.18. The number of ether oxygens (including phenoxy) is 2. The molecule has 1 heterocycles. The Hall–Kier alpha value is 0.0169. The Labute approximate surface area is 155 Å². The molecule has 25 heavy (non-hydrogen) atoms. The summed E-state index contributed by atoms with van der Waals surface area (Å²) >= 11 is 0. The van der Waals surface area contributed by atoms with Gasteiger partial charge in [0.05, 0.1) is 17.8 Å². The SMILES string of the molecule is CCO[Si](OCC)(OCC)C(CC1CCC2OC2C1)OC(C)(C)CC. The first-order valence-electron chi connectivity index (χ1n) is 10.1. The quantitative estimate of drug-likeness (QED) is 0.380. The summed E-state index contributed by atoms with van der Waals surface area (Å²) in [6.07, 6.45) is 6.37. The van der Waals surface area contributed by atoms with Gasteiger partial charge in [-0.1, -0.05) is 6.92 Å². The molecular weight excluding hydrogens is 336 g/mol. The lowest BCUT2D eigenvalue weighted by molar-refractivity contribution is -0.0925. The summed E-state index contributed by atoms with van der Waals surface area (Å²) in [5, 5.41) is 0. The van der Waals surface area contributed by atoms with Gasteiger partial charge in [0, 0.05) is 19.8 Å². The molecule has 0 aromatic rings. The molecule has 1 aliphatic heterocycles. The van der Waals surface area contributed by atoms with E-state index in [1.54, 1.807) is 0 Å². The molecule has 0 aromatic heterocycles. The van der Waals surface area contributed by atoms with Crippen molar-refractivity contribution in [3.63, 3.8) is 0 Å². The van der Waals surface area contributed by atoms with Crippen molar-refractivity contribution in [1.29, 1.82) is 0 Å². The van der Waals surface area contributed by atoms with Gasteiger partial charge < -0.3 is 22.8 Å². The molecule has 2 aliphatic rings. The molecule has 1 aliphatic carbocycles. The van der Waals surface area contributed by atoms with Crippen molar-refractivity contribution < 1.29 is 22.8 Å². The highest BCUT2D eigenvalue weighted by Gasteiger charge is 2.54. The van der Waals surface area contributed by atoms with Crippen molar-refractivity contribution >= 4 is 8.80 Å². The third-order valence-electron chi connectivity index (χ3n) is 5.40. The summed E-state index contributed by atoms with van der Waals surface area (Å²) in [6.45, 7) is 14.2. The molecule has 1 saturated carbocycles. The van der Waals surface area contributed by atoms with Gasteiger partial charge in [0.1, 0.15) is 5.73 Å². The number of fused-ring (bicyclic) bond motifs is 1. The zero-order chi connectivity index (χ0) is 18.5. The monoisotopic (exact) mass is 374 g/mol. The van der Waals surface area contributed by atoms with Crippen LogP contribution in [0.4, 0.5) is 0 Å². The highest BCUT2D eigenvalue weighted by Crippen LogP contribution is 2.42. The number of hydrogen-bond donors (Lipinski definition) is 0. The Kier molecular flexibility index (Phi) is 7.92. The molecule has 0 aromatic carbocycles. The van der Waals surface area contributed by atoms with Crippen LogP contribution in [0.5, 0.6) is 0 Å². The molecule has 0 N–H and O–H groups in total. The van der Waals surface area contributed by atoms with Gasteiger partial charge in [0.15, 0.2) is 0 Å². The summed E-state index contributed by atoms with van der Waals surface area (Å²) in [7, 11) is -2.91. The maximum atomic E-state index is 6.61. The van der Waals surface area contributed by atoms with Crippen LogP contribution in [-0.4, -0.2) is 52.2 Å². The molecule has 0 spiro atoms. The van der Waals surface area contributed by atoms with E-state index >= 15 is 0 Å². The molecule has 1 saturated heterocycles. The lowest BCUT2D eigenvalue weighted by atomic mass is 9.87. The Morgan fingerprint density at radius 1 is 0.960 bits per heavy atom. The van der Waals surface area contributed by atoms with Crippen LogP contribution < -0.4 is 0 Å². The highest BCUT2D eigenvalue weighted by molar-refractivity contribution is 6.62. The van der Waals surface area contributed by atoms with E-state index in [0.29, 0.717) is 37.9 Å². The van der Waals surface area contributed by atoms with Crippen molar-refractivity contribution in [3.05, 3.63) is 0 Å². The molecule has 0 amide bonds. The van der Waals surface area contributed by atoms with Gasteiger partial charge in [0.25, 0.3) is 0 Å². The summed E-state index contributed by atoms with van der Waals surface area (Å²) in [6, 6.07) is 0. The van der Waals surface area contributed by atoms with Crippen molar-refractivity contribution in [2.24, 2.45) is 5.92 Å². The summed E-state index contributed by atoms with van der Waals surface area (Å²) in [5.74, 6) is 0.592. The van der Waals surface area contributed by atoms with Crippen LogP contribution in [0, 0.1) is 5.92 Å².